The highest BCUT2D eigenvalue weighted by atomic mass is 15.1. The van der Waals surface area contributed by atoms with Crippen LogP contribution in [0, 0.1) is 0 Å². The van der Waals surface area contributed by atoms with Crippen molar-refractivity contribution in [3.63, 3.8) is 0 Å². The third-order valence-corrected chi connectivity index (χ3v) is 8.35. The van der Waals surface area contributed by atoms with Crippen LogP contribution in [0.4, 0.5) is 0 Å². The van der Waals surface area contributed by atoms with Gasteiger partial charge in [-0.15, -0.1) is 0 Å². The molecule has 0 amide bonds. The summed E-state index contributed by atoms with van der Waals surface area (Å²) in [5.41, 5.74) is 3.27. The second kappa shape index (κ2) is 11.3. The number of hydrogen-bond donors (Lipinski definition) is 0. The van der Waals surface area contributed by atoms with Gasteiger partial charge in [-0.2, -0.15) is 0 Å². The lowest BCUT2D eigenvalue weighted by Gasteiger charge is -2.21. The molecule has 2 nitrogen and oxygen atoms in total. The predicted octanol–water partition coefficient (Wildman–Crippen LogP) is 12.0. The molecule has 2 heteroatoms. The molecular weight excluding hydrogens is 569 g/mol. The van der Waals surface area contributed by atoms with Gasteiger partial charge in [0.05, 0.1) is 28.9 Å². The lowest BCUT2D eigenvalue weighted by Crippen LogP contribution is -1.99. The molecule has 0 unspecified atom stereocenters. The van der Waals surface area contributed by atoms with E-state index in [1.54, 1.807) is 36.4 Å². The van der Waals surface area contributed by atoms with Crippen LogP contribution in [-0.4, -0.2) is 9.55 Å². The summed E-state index contributed by atoms with van der Waals surface area (Å²) >= 11 is 0. The molecule has 220 valence electrons. The van der Waals surface area contributed by atoms with E-state index in [9.17, 15) is 5.48 Å². The van der Waals surface area contributed by atoms with Gasteiger partial charge in [0.25, 0.3) is 0 Å². The molecule has 0 saturated heterocycles. The molecular formula is C45H30N2. The molecule has 0 atom stereocenters. The molecule has 0 N–H and O–H groups in total. The minimum absolute atomic E-state index is 0.0147. The van der Waals surface area contributed by atoms with Crippen molar-refractivity contribution in [2.75, 3.05) is 0 Å². The topological polar surface area (TPSA) is 17.8 Å². The van der Waals surface area contributed by atoms with E-state index >= 15 is 0 Å². The standard InChI is InChI=1S/C45H30N2/c1-3-17-31(18-4-1)33-21-7-8-22-34(33)43-35-23-9-11-25-37(35)44(38-26-12-10-24-36(38)43)39-27-13-14-28-40(39)45-46-41-29-15-16-30-42(41)47(45)32-19-5-2-6-20-32/h1-30H/i1D,3D,4D,9D,10D,11D,12D,17D,18D,23D,24D,25D,26D. The van der Waals surface area contributed by atoms with Crippen LogP contribution in [0.3, 0.4) is 0 Å². The molecule has 0 aliphatic rings. The van der Waals surface area contributed by atoms with Crippen molar-refractivity contribution in [3.8, 4) is 50.5 Å². The second-order valence-electron chi connectivity index (χ2n) is 10.9. The van der Waals surface area contributed by atoms with Crippen LogP contribution < -0.4 is 0 Å². The summed E-state index contributed by atoms with van der Waals surface area (Å²) < 4.78 is 119. The number of rotatable bonds is 5. The van der Waals surface area contributed by atoms with E-state index in [1.165, 1.54) is 6.07 Å². The van der Waals surface area contributed by atoms with Crippen molar-refractivity contribution in [3.05, 3.63) is 182 Å². The van der Waals surface area contributed by atoms with Gasteiger partial charge < -0.3 is 0 Å². The first kappa shape index (κ1) is 16.9. The summed E-state index contributed by atoms with van der Waals surface area (Å²) in [5, 5.41) is -0.252. The Kier molecular flexibility index (Phi) is 4.05. The van der Waals surface area contributed by atoms with E-state index in [4.69, 9.17) is 17.3 Å². The molecule has 47 heavy (non-hydrogen) atoms. The van der Waals surface area contributed by atoms with Gasteiger partial charge in [0, 0.05) is 11.3 Å². The number of nitrogens with zero attached hydrogens (tertiary/aromatic N) is 2. The first-order valence-corrected chi connectivity index (χ1v) is 15.0. The largest absolute Gasteiger partial charge is 0.292 e. The molecule has 9 aromatic rings. The Balaban J connectivity index is 1.53. The normalized spacial score (nSPS) is 15.3. The van der Waals surface area contributed by atoms with Gasteiger partial charge in [0.1, 0.15) is 5.82 Å². The van der Waals surface area contributed by atoms with Crippen molar-refractivity contribution in [2.24, 2.45) is 0 Å². The molecule has 0 bridgehead atoms. The molecule has 1 heterocycles. The monoisotopic (exact) mass is 611 g/mol. The van der Waals surface area contributed by atoms with E-state index in [-0.39, 0.29) is 49.4 Å². The quantitative estimate of drug-likeness (QED) is 0.177. The Labute approximate surface area is 292 Å². The van der Waals surface area contributed by atoms with Crippen molar-refractivity contribution < 1.29 is 17.8 Å². The lowest BCUT2D eigenvalue weighted by atomic mass is 9.83. The zero-order valence-corrected chi connectivity index (χ0v) is 24.7. The summed E-state index contributed by atoms with van der Waals surface area (Å²) in [5.74, 6) is 0.469. The van der Waals surface area contributed by atoms with Gasteiger partial charge in [0.15, 0.2) is 0 Å². The lowest BCUT2D eigenvalue weighted by molar-refractivity contribution is 1.10. The highest BCUT2D eigenvalue weighted by Gasteiger charge is 2.22. The van der Waals surface area contributed by atoms with E-state index in [0.29, 0.717) is 22.5 Å². The Bertz CT molecular complexity index is 3200. The van der Waals surface area contributed by atoms with E-state index in [1.807, 2.05) is 65.2 Å². The molecule has 9 rings (SSSR count). The van der Waals surface area contributed by atoms with Gasteiger partial charge in [0.2, 0.25) is 0 Å². The van der Waals surface area contributed by atoms with Gasteiger partial charge in [-0.1, -0.05) is 157 Å². The zero-order chi connectivity index (χ0) is 42.5. The predicted molar refractivity (Wildman–Crippen MR) is 198 cm³/mol. The number of imidazole rings is 1. The third-order valence-electron chi connectivity index (χ3n) is 8.35. The average Bonchev–Trinajstić information content (AvgIpc) is 3.66. The minimum atomic E-state index is -0.603. The second-order valence-corrected chi connectivity index (χ2v) is 10.9. The summed E-state index contributed by atoms with van der Waals surface area (Å²) in [6.07, 6.45) is 0. The van der Waals surface area contributed by atoms with Gasteiger partial charge in [-0.05, 0) is 79.2 Å². The van der Waals surface area contributed by atoms with Crippen molar-refractivity contribution in [1.82, 2.24) is 9.55 Å². The van der Waals surface area contributed by atoms with Crippen LogP contribution in [0.15, 0.2) is 182 Å². The smallest absolute Gasteiger partial charge is 0.146 e. The molecule has 8 aromatic carbocycles. The minimum Gasteiger partial charge on any atom is -0.292 e. The van der Waals surface area contributed by atoms with E-state index in [0.717, 1.165) is 11.2 Å². The molecule has 0 saturated carbocycles. The van der Waals surface area contributed by atoms with Crippen LogP contribution >= 0.6 is 0 Å². The fourth-order valence-electron chi connectivity index (χ4n) is 6.41. The van der Waals surface area contributed by atoms with Crippen molar-refractivity contribution >= 4 is 32.6 Å². The third kappa shape index (κ3) is 4.46. The average molecular weight is 612 g/mol. The molecule has 0 aliphatic carbocycles. The Morgan fingerprint density at radius 1 is 0.426 bits per heavy atom. The molecule has 0 spiro atoms. The van der Waals surface area contributed by atoms with Crippen LogP contribution in [0.1, 0.15) is 17.8 Å². The molecule has 0 radical (unpaired) electrons. The van der Waals surface area contributed by atoms with Crippen molar-refractivity contribution in [2.45, 2.75) is 0 Å². The summed E-state index contributed by atoms with van der Waals surface area (Å²) in [7, 11) is 0. The van der Waals surface area contributed by atoms with Gasteiger partial charge >= 0.3 is 0 Å². The highest BCUT2D eigenvalue weighted by molar-refractivity contribution is 6.23. The summed E-state index contributed by atoms with van der Waals surface area (Å²) in [6.45, 7) is 0. The fourth-order valence-corrected chi connectivity index (χ4v) is 6.41. The number of aromatic nitrogens is 2. The first-order chi connectivity index (χ1) is 28.8. The fraction of sp³-hybridized carbons (Fsp3) is 0. The maximum absolute atomic E-state index is 9.54. The highest BCUT2D eigenvalue weighted by Crippen LogP contribution is 2.48. The number of benzene rings is 8. The van der Waals surface area contributed by atoms with Crippen LogP contribution in [0.2, 0.25) is 0 Å². The SMILES string of the molecule is [2H]c1c([2H])c([2H])c(-c2ccccc2-c2c3c([2H])c([2H])c([2H])c([2H])c3c(-c3ccccc3-c3nc4ccccc4n3-c3ccccc3)c3c([2H])c([2H])c([2H])c([2H])c23)c([2H])c1[2H]. The van der Waals surface area contributed by atoms with Gasteiger partial charge in [-0.25, -0.2) is 4.98 Å². The Morgan fingerprint density at radius 2 is 0.894 bits per heavy atom. The maximum Gasteiger partial charge on any atom is 0.146 e. The zero-order valence-electron chi connectivity index (χ0n) is 37.7. The van der Waals surface area contributed by atoms with E-state index < -0.39 is 78.6 Å². The molecule has 0 aliphatic heterocycles. The Hall–Kier alpha value is -6.25. The van der Waals surface area contributed by atoms with Crippen LogP contribution in [0.25, 0.3) is 83.0 Å². The molecule has 0 fully saturated rings. The number of para-hydroxylation sites is 3. The van der Waals surface area contributed by atoms with Crippen LogP contribution in [0.5, 0.6) is 0 Å². The summed E-state index contributed by atoms with van der Waals surface area (Å²) in [6, 6.07) is 23.4. The van der Waals surface area contributed by atoms with Crippen molar-refractivity contribution in [1.29, 1.82) is 0 Å². The number of hydrogen-bond acceptors (Lipinski definition) is 1. The number of fused-ring (bicyclic) bond motifs is 3. The molecule has 1 aromatic heterocycles. The maximum atomic E-state index is 9.54. The van der Waals surface area contributed by atoms with Crippen LogP contribution in [-0.2, 0) is 0 Å². The van der Waals surface area contributed by atoms with Gasteiger partial charge in [-0.3, -0.25) is 4.57 Å². The Morgan fingerprint density at radius 3 is 1.51 bits per heavy atom. The first-order valence-electron chi connectivity index (χ1n) is 21.5. The summed E-state index contributed by atoms with van der Waals surface area (Å²) in [4.78, 5) is 5.08. The van der Waals surface area contributed by atoms with E-state index in [2.05, 4.69) is 0 Å².